The largest absolute Gasteiger partial charge is 0.310 e. The van der Waals surface area contributed by atoms with Gasteiger partial charge >= 0.3 is 0 Å². The molecule has 1 aliphatic heterocycles. The molecule has 0 radical (unpaired) electrons. The highest BCUT2D eigenvalue weighted by molar-refractivity contribution is 9.09. The zero-order valence-electron chi connectivity index (χ0n) is 11.4. The van der Waals surface area contributed by atoms with Crippen LogP contribution in [0.4, 0.5) is 0 Å². The minimum absolute atomic E-state index is 0.0986. The van der Waals surface area contributed by atoms with Gasteiger partial charge in [-0.1, -0.05) is 22.9 Å². The number of alkyl halides is 1. The number of nitrogens with two attached hydrogens (primary N) is 1. The molecule has 0 fully saturated rings. The van der Waals surface area contributed by atoms with E-state index in [0.717, 1.165) is 11.3 Å². The van der Waals surface area contributed by atoms with E-state index in [9.17, 15) is 16.8 Å². The number of hydrogen-bond donors (Lipinski definition) is 2. The molecular formula is C11H17BrN2O4S3. The molecule has 0 bridgehead atoms. The summed E-state index contributed by atoms with van der Waals surface area (Å²) in [7, 11) is -7.41. The fraction of sp³-hybridized carbons (Fsp3) is 0.636. The summed E-state index contributed by atoms with van der Waals surface area (Å²) in [6, 6.07) is 1.23. The predicted octanol–water partition coefficient (Wildman–Crippen LogP) is 1.38. The molecule has 120 valence electrons. The van der Waals surface area contributed by atoms with Crippen molar-refractivity contribution >= 4 is 47.1 Å². The average Bonchev–Trinajstić information content (AvgIpc) is 2.82. The Bertz CT molecular complexity index is 727. The monoisotopic (exact) mass is 416 g/mol. The lowest BCUT2D eigenvalue weighted by Gasteiger charge is -2.29. The summed E-state index contributed by atoms with van der Waals surface area (Å²) in [6.45, 7) is 2.60. The van der Waals surface area contributed by atoms with Crippen LogP contribution in [-0.4, -0.2) is 34.0 Å². The number of rotatable bonds is 5. The third kappa shape index (κ3) is 3.35. The first-order valence-corrected chi connectivity index (χ1v) is 11.4. The van der Waals surface area contributed by atoms with Crippen molar-refractivity contribution < 1.29 is 16.8 Å². The van der Waals surface area contributed by atoms with E-state index in [-0.39, 0.29) is 14.5 Å². The molecule has 1 aromatic heterocycles. The molecule has 10 heteroatoms. The van der Waals surface area contributed by atoms with Crippen LogP contribution < -0.4 is 10.5 Å². The maximum Gasteiger partial charge on any atom is 0.247 e. The Labute approximate surface area is 137 Å². The normalized spacial score (nSPS) is 24.7. The fourth-order valence-corrected chi connectivity index (χ4v) is 8.03. The SMILES string of the molecule is CCNC1CC(CCBr)S(=O)(=O)c2sc(S(N)(=O)=O)cc21. The third-order valence-corrected chi connectivity index (χ3v) is 9.26. The Kier molecular flexibility index (Phi) is 5.16. The lowest BCUT2D eigenvalue weighted by atomic mass is 10.0. The van der Waals surface area contributed by atoms with Crippen LogP contribution in [0.1, 0.15) is 31.4 Å². The molecule has 0 amide bonds. The van der Waals surface area contributed by atoms with Crippen molar-refractivity contribution in [1.29, 1.82) is 0 Å². The van der Waals surface area contributed by atoms with Gasteiger partial charge < -0.3 is 5.32 Å². The summed E-state index contributed by atoms with van der Waals surface area (Å²) < 4.78 is 48.3. The van der Waals surface area contributed by atoms with Crippen LogP contribution in [-0.2, 0) is 19.9 Å². The maximum absolute atomic E-state index is 12.6. The first-order chi connectivity index (χ1) is 9.71. The van der Waals surface area contributed by atoms with Crippen LogP contribution in [0.2, 0.25) is 0 Å². The van der Waals surface area contributed by atoms with E-state index in [1.807, 2.05) is 6.92 Å². The molecule has 2 unspecified atom stereocenters. The Balaban J connectivity index is 2.59. The van der Waals surface area contributed by atoms with Crippen molar-refractivity contribution in [1.82, 2.24) is 5.32 Å². The highest BCUT2D eigenvalue weighted by Crippen LogP contribution is 2.43. The fourth-order valence-electron chi connectivity index (χ4n) is 2.47. The van der Waals surface area contributed by atoms with Gasteiger partial charge in [-0.2, -0.15) is 0 Å². The van der Waals surface area contributed by atoms with Crippen LogP contribution >= 0.6 is 27.3 Å². The van der Waals surface area contributed by atoms with E-state index in [1.165, 1.54) is 6.07 Å². The van der Waals surface area contributed by atoms with Gasteiger partial charge in [0, 0.05) is 16.9 Å². The summed E-state index contributed by atoms with van der Waals surface area (Å²) >= 11 is 4.03. The topological polar surface area (TPSA) is 106 Å². The smallest absolute Gasteiger partial charge is 0.247 e. The van der Waals surface area contributed by atoms with Crippen molar-refractivity contribution in [3.63, 3.8) is 0 Å². The van der Waals surface area contributed by atoms with Gasteiger partial charge in [0.2, 0.25) is 10.0 Å². The van der Waals surface area contributed by atoms with Crippen molar-refractivity contribution in [3.05, 3.63) is 11.6 Å². The van der Waals surface area contributed by atoms with E-state index in [1.54, 1.807) is 0 Å². The molecule has 21 heavy (non-hydrogen) atoms. The zero-order chi connectivity index (χ0) is 15.8. The van der Waals surface area contributed by atoms with Crippen LogP contribution in [0.25, 0.3) is 0 Å². The second kappa shape index (κ2) is 6.25. The van der Waals surface area contributed by atoms with Gasteiger partial charge in [0.15, 0.2) is 9.84 Å². The standard InChI is InChI=1S/C11H17BrN2O4S3/c1-2-14-9-5-7(3-4-12)20(15,16)11-8(9)6-10(19-11)21(13,17)18/h6-7,9,14H,2-5H2,1H3,(H2,13,17,18). The van der Waals surface area contributed by atoms with Crippen molar-refractivity contribution in [3.8, 4) is 0 Å². The lowest BCUT2D eigenvalue weighted by Crippen LogP contribution is -2.35. The number of primary sulfonamides is 1. The van der Waals surface area contributed by atoms with Crippen LogP contribution in [0.15, 0.2) is 14.5 Å². The Morgan fingerprint density at radius 2 is 2.19 bits per heavy atom. The Hall–Kier alpha value is 0. The van der Waals surface area contributed by atoms with Gasteiger partial charge in [0.25, 0.3) is 0 Å². The van der Waals surface area contributed by atoms with E-state index in [0.29, 0.717) is 30.3 Å². The van der Waals surface area contributed by atoms with E-state index in [4.69, 9.17) is 5.14 Å². The number of fused-ring (bicyclic) bond motifs is 1. The highest BCUT2D eigenvalue weighted by atomic mass is 79.9. The summed E-state index contributed by atoms with van der Waals surface area (Å²) in [5.41, 5.74) is 0.525. The molecule has 0 saturated carbocycles. The number of hydrogen-bond acceptors (Lipinski definition) is 6. The van der Waals surface area contributed by atoms with E-state index in [2.05, 4.69) is 21.2 Å². The van der Waals surface area contributed by atoms with Crippen molar-refractivity contribution in [2.45, 2.75) is 39.5 Å². The van der Waals surface area contributed by atoms with Crippen LogP contribution in [0, 0.1) is 0 Å². The lowest BCUT2D eigenvalue weighted by molar-refractivity contribution is 0.464. The quantitative estimate of drug-likeness (QED) is 0.704. The van der Waals surface area contributed by atoms with Gasteiger partial charge in [0.05, 0.1) is 5.25 Å². The molecule has 0 saturated heterocycles. The highest BCUT2D eigenvalue weighted by Gasteiger charge is 2.40. The summed E-state index contributed by atoms with van der Waals surface area (Å²) in [4.78, 5) is 0. The van der Waals surface area contributed by atoms with Gasteiger partial charge in [-0.25, -0.2) is 22.0 Å². The second-order valence-electron chi connectivity index (χ2n) is 4.84. The minimum atomic E-state index is -3.90. The average molecular weight is 417 g/mol. The number of nitrogens with one attached hydrogen (secondary N) is 1. The molecular weight excluding hydrogens is 400 g/mol. The second-order valence-corrected chi connectivity index (χ2v) is 10.9. The Morgan fingerprint density at radius 3 is 2.71 bits per heavy atom. The van der Waals surface area contributed by atoms with Crippen LogP contribution in [0.3, 0.4) is 0 Å². The number of halogens is 1. The van der Waals surface area contributed by atoms with Gasteiger partial charge in [0.1, 0.15) is 8.42 Å². The van der Waals surface area contributed by atoms with Crippen molar-refractivity contribution in [2.75, 3.05) is 11.9 Å². The Morgan fingerprint density at radius 1 is 1.52 bits per heavy atom. The summed E-state index contributed by atoms with van der Waals surface area (Å²) in [5, 5.41) is 8.42. The van der Waals surface area contributed by atoms with Gasteiger partial charge in [-0.15, -0.1) is 11.3 Å². The molecule has 2 atom stereocenters. The summed E-state index contributed by atoms with van der Waals surface area (Å²) in [5.74, 6) is 0. The molecule has 1 aliphatic rings. The maximum atomic E-state index is 12.6. The van der Waals surface area contributed by atoms with Gasteiger partial charge in [-0.05, 0) is 25.5 Å². The third-order valence-electron chi connectivity index (χ3n) is 3.44. The molecule has 2 rings (SSSR count). The number of sulfonamides is 1. The molecule has 0 aromatic carbocycles. The zero-order valence-corrected chi connectivity index (χ0v) is 15.4. The summed E-state index contributed by atoms with van der Waals surface area (Å²) in [6.07, 6.45) is 0.932. The van der Waals surface area contributed by atoms with Gasteiger partial charge in [-0.3, -0.25) is 0 Å². The number of sulfone groups is 1. The molecule has 3 N–H and O–H groups in total. The first-order valence-electron chi connectivity index (χ1n) is 6.41. The van der Waals surface area contributed by atoms with Crippen molar-refractivity contribution in [2.24, 2.45) is 5.14 Å². The minimum Gasteiger partial charge on any atom is -0.310 e. The molecule has 2 heterocycles. The molecule has 0 aliphatic carbocycles. The van der Waals surface area contributed by atoms with E-state index < -0.39 is 25.1 Å². The first kappa shape index (κ1) is 17.4. The molecule has 6 nitrogen and oxygen atoms in total. The predicted molar refractivity (Wildman–Crippen MR) is 86.1 cm³/mol. The molecule has 0 spiro atoms. The molecule has 1 aromatic rings. The van der Waals surface area contributed by atoms with Crippen LogP contribution in [0.5, 0.6) is 0 Å². The number of thiophene rings is 1. The van der Waals surface area contributed by atoms with E-state index >= 15 is 0 Å².